The molecule has 35 heavy (non-hydrogen) atoms. The molecule has 4 atom stereocenters. The van der Waals surface area contributed by atoms with Crippen molar-refractivity contribution < 1.29 is 14.6 Å². The molecule has 0 unspecified atom stereocenters. The summed E-state index contributed by atoms with van der Waals surface area (Å²) in [6.45, 7) is 3.69. The van der Waals surface area contributed by atoms with E-state index < -0.39 is 6.04 Å². The molecule has 5 rings (SSSR count). The van der Waals surface area contributed by atoms with Gasteiger partial charge in [-0.1, -0.05) is 25.1 Å². The lowest BCUT2D eigenvalue weighted by molar-refractivity contribution is -0.127. The van der Waals surface area contributed by atoms with Crippen molar-refractivity contribution in [2.24, 2.45) is 11.8 Å². The van der Waals surface area contributed by atoms with Gasteiger partial charge >= 0.3 is 0 Å². The summed E-state index contributed by atoms with van der Waals surface area (Å²) < 4.78 is 7.20. The summed E-state index contributed by atoms with van der Waals surface area (Å²) >= 11 is 0. The Kier molecular flexibility index (Phi) is 6.80. The number of carbonyl (C=O) groups is 1. The van der Waals surface area contributed by atoms with Crippen molar-refractivity contribution in [1.82, 2.24) is 14.8 Å². The first-order valence-electron chi connectivity index (χ1n) is 12.8. The maximum absolute atomic E-state index is 13.5. The Morgan fingerprint density at radius 1 is 1.26 bits per heavy atom. The van der Waals surface area contributed by atoms with Gasteiger partial charge < -0.3 is 19.7 Å². The second kappa shape index (κ2) is 9.99. The van der Waals surface area contributed by atoms with E-state index in [2.05, 4.69) is 29.3 Å². The zero-order chi connectivity index (χ0) is 24.5. The smallest absolute Gasteiger partial charge is 0.258 e. The molecule has 1 aliphatic carbocycles. The van der Waals surface area contributed by atoms with Gasteiger partial charge in [0.25, 0.3) is 5.56 Å². The predicted molar refractivity (Wildman–Crippen MR) is 135 cm³/mol. The summed E-state index contributed by atoms with van der Waals surface area (Å²) in [4.78, 5) is 29.1. The molecule has 7 nitrogen and oxygen atoms in total. The summed E-state index contributed by atoms with van der Waals surface area (Å²) in [6, 6.07) is 11.2. The second-order valence-corrected chi connectivity index (χ2v) is 9.92. The maximum Gasteiger partial charge on any atom is 0.258 e. The van der Waals surface area contributed by atoms with Gasteiger partial charge in [-0.05, 0) is 67.6 Å². The fourth-order valence-electron chi connectivity index (χ4n) is 6.36. The fraction of sp³-hybridized carbons (Fsp3) is 0.500. The van der Waals surface area contributed by atoms with Crippen LogP contribution < -0.4 is 15.6 Å². The van der Waals surface area contributed by atoms with E-state index in [4.69, 9.17) is 4.74 Å². The van der Waals surface area contributed by atoms with Gasteiger partial charge in [0.15, 0.2) is 0 Å². The van der Waals surface area contributed by atoms with Crippen LogP contribution in [0, 0.1) is 11.8 Å². The van der Waals surface area contributed by atoms with Crippen LogP contribution in [0.25, 0.3) is 5.57 Å². The zero-order valence-corrected chi connectivity index (χ0v) is 20.6. The molecule has 2 aliphatic heterocycles. The summed E-state index contributed by atoms with van der Waals surface area (Å²) in [5.74, 6) is 0.476. The van der Waals surface area contributed by atoms with E-state index in [0.717, 1.165) is 60.4 Å². The number of aliphatic hydroxyl groups excluding tert-OH is 1. The van der Waals surface area contributed by atoms with Crippen LogP contribution in [0.4, 0.5) is 0 Å². The molecule has 1 amide bonds. The lowest BCUT2D eigenvalue weighted by Crippen LogP contribution is -2.48. The highest BCUT2D eigenvalue weighted by atomic mass is 16.5. The molecule has 0 spiro atoms. The number of allylic oxidation sites excluding steroid dienone is 2. The van der Waals surface area contributed by atoms with Crippen LogP contribution in [0.5, 0.6) is 5.75 Å². The van der Waals surface area contributed by atoms with Crippen LogP contribution in [-0.2, 0) is 17.9 Å². The van der Waals surface area contributed by atoms with Gasteiger partial charge in [-0.25, -0.2) is 0 Å². The number of rotatable bonds is 8. The Morgan fingerprint density at radius 3 is 2.83 bits per heavy atom. The van der Waals surface area contributed by atoms with Crippen molar-refractivity contribution in [1.29, 1.82) is 0 Å². The normalized spacial score (nSPS) is 25.3. The Balaban J connectivity index is 1.42. The minimum atomic E-state index is -0.429. The van der Waals surface area contributed by atoms with Gasteiger partial charge in [-0.15, -0.1) is 0 Å². The lowest BCUT2D eigenvalue weighted by Gasteiger charge is -2.30. The number of nitrogens with one attached hydrogen (secondary N) is 1. The first kappa shape index (κ1) is 23.8. The molecule has 2 aromatic rings. The van der Waals surface area contributed by atoms with Crippen LogP contribution >= 0.6 is 0 Å². The van der Waals surface area contributed by atoms with Gasteiger partial charge in [0, 0.05) is 42.8 Å². The average Bonchev–Trinajstić information content (AvgIpc) is 3.59. The van der Waals surface area contributed by atoms with E-state index in [-0.39, 0.29) is 36.0 Å². The molecule has 0 radical (unpaired) electrons. The van der Waals surface area contributed by atoms with E-state index in [1.54, 1.807) is 7.11 Å². The Labute approximate surface area is 206 Å². The number of likely N-dealkylation sites (tertiary alicyclic amines) is 1. The average molecular weight is 478 g/mol. The summed E-state index contributed by atoms with van der Waals surface area (Å²) in [7, 11) is 1.63. The van der Waals surface area contributed by atoms with Crippen LogP contribution in [0.15, 0.2) is 47.3 Å². The van der Waals surface area contributed by atoms with Gasteiger partial charge in [-0.2, -0.15) is 0 Å². The van der Waals surface area contributed by atoms with Crippen LogP contribution in [0.2, 0.25) is 0 Å². The molecule has 0 bridgehead atoms. The molecule has 1 fully saturated rings. The number of benzene rings is 1. The Hall–Kier alpha value is -2.90. The summed E-state index contributed by atoms with van der Waals surface area (Å²) in [5.41, 5.74) is 3.96. The molecule has 1 aromatic carbocycles. The maximum atomic E-state index is 13.5. The number of nitrogens with zero attached hydrogens (tertiary/aromatic N) is 2. The van der Waals surface area contributed by atoms with E-state index >= 15 is 0 Å². The minimum absolute atomic E-state index is 0.0274. The van der Waals surface area contributed by atoms with Crippen LogP contribution in [0.3, 0.4) is 0 Å². The third-order valence-corrected chi connectivity index (χ3v) is 7.93. The highest BCUT2D eigenvalue weighted by molar-refractivity contribution is 5.83. The van der Waals surface area contributed by atoms with Crippen LogP contribution in [0.1, 0.15) is 55.5 Å². The molecule has 3 heterocycles. The van der Waals surface area contributed by atoms with Crippen molar-refractivity contribution in [2.45, 2.75) is 57.8 Å². The zero-order valence-electron chi connectivity index (χ0n) is 20.6. The fourth-order valence-corrected chi connectivity index (χ4v) is 6.36. The lowest BCUT2D eigenvalue weighted by atomic mass is 9.88. The van der Waals surface area contributed by atoms with Crippen molar-refractivity contribution in [3.63, 3.8) is 0 Å². The molecule has 2 N–H and O–H groups in total. The van der Waals surface area contributed by atoms with Crippen molar-refractivity contribution in [3.8, 4) is 5.75 Å². The molecule has 1 aromatic heterocycles. The SMILES string of the molecule is CCCN1[C@@H]2c3ccc(C4=CCCC4)c(=O)n3C[C@@H]2[C@@H](CO)[C@@H]1C(=O)NCc1cccc(OC)c1. The minimum Gasteiger partial charge on any atom is -0.497 e. The van der Waals surface area contributed by atoms with Gasteiger partial charge in [0.05, 0.1) is 19.2 Å². The standard InChI is InChI=1S/C28H35N3O4/c1-3-13-30-25-22(16-31-24(25)12-11-21(28(31)34)19-8-4-5-9-19)23(17-32)26(30)27(33)29-15-18-7-6-10-20(14-18)35-2/h6-8,10-12,14,22-23,25-26,32H,3-5,9,13,15-17H2,1-2H3,(H,29,33)/t22-,23-,25+,26-/m1/s1. The summed E-state index contributed by atoms with van der Waals surface area (Å²) in [6.07, 6.45) is 6.16. The van der Waals surface area contributed by atoms with E-state index in [0.29, 0.717) is 13.1 Å². The molecule has 0 saturated carbocycles. The molecular weight excluding hydrogens is 442 g/mol. The Morgan fingerprint density at radius 2 is 2.11 bits per heavy atom. The third-order valence-electron chi connectivity index (χ3n) is 7.93. The molecular formula is C28H35N3O4. The first-order valence-corrected chi connectivity index (χ1v) is 12.8. The van der Waals surface area contributed by atoms with Gasteiger partial charge in [0.1, 0.15) is 5.75 Å². The number of aliphatic hydroxyl groups is 1. The highest BCUT2D eigenvalue weighted by Gasteiger charge is 2.55. The van der Waals surface area contributed by atoms with Gasteiger partial charge in [0.2, 0.25) is 5.91 Å². The number of aromatic nitrogens is 1. The number of fused-ring (bicyclic) bond motifs is 3. The number of hydrogen-bond donors (Lipinski definition) is 2. The number of ether oxygens (including phenoxy) is 1. The van der Waals surface area contributed by atoms with Crippen molar-refractivity contribution in [2.75, 3.05) is 20.3 Å². The second-order valence-electron chi connectivity index (χ2n) is 9.92. The van der Waals surface area contributed by atoms with Gasteiger partial charge in [-0.3, -0.25) is 14.5 Å². The quantitative estimate of drug-likeness (QED) is 0.611. The predicted octanol–water partition coefficient (Wildman–Crippen LogP) is 3.11. The number of carbonyl (C=O) groups excluding carboxylic acids is 1. The molecule has 7 heteroatoms. The highest BCUT2D eigenvalue weighted by Crippen LogP contribution is 2.49. The van der Waals surface area contributed by atoms with E-state index in [1.165, 1.54) is 0 Å². The molecule has 186 valence electrons. The third kappa shape index (κ3) is 4.21. The van der Waals surface area contributed by atoms with Crippen LogP contribution in [-0.4, -0.2) is 46.8 Å². The number of pyridine rings is 1. The summed E-state index contributed by atoms with van der Waals surface area (Å²) in [5, 5.41) is 13.5. The number of amides is 1. The molecule has 1 saturated heterocycles. The molecule has 3 aliphatic rings. The number of methoxy groups -OCH3 is 1. The topological polar surface area (TPSA) is 83.8 Å². The number of hydrogen-bond acceptors (Lipinski definition) is 5. The first-order chi connectivity index (χ1) is 17.1. The Bertz CT molecular complexity index is 1190. The van der Waals surface area contributed by atoms with Crippen molar-refractivity contribution >= 4 is 11.5 Å². The monoisotopic (exact) mass is 477 g/mol. The van der Waals surface area contributed by atoms with Crippen molar-refractivity contribution in [3.05, 3.63) is 69.6 Å². The van der Waals surface area contributed by atoms with E-state index in [9.17, 15) is 14.7 Å². The largest absolute Gasteiger partial charge is 0.497 e. The van der Waals surface area contributed by atoms with E-state index in [1.807, 2.05) is 34.9 Å².